The Hall–Kier alpha value is -0.960. The van der Waals surface area contributed by atoms with Gasteiger partial charge >= 0.3 is 0 Å². The molecule has 86 valence electrons. The second-order valence-corrected chi connectivity index (χ2v) is 5.16. The zero-order chi connectivity index (χ0) is 11.5. The van der Waals surface area contributed by atoms with E-state index in [1.54, 1.807) is 11.8 Å². The average molecular weight is 235 g/mol. The molecule has 0 saturated heterocycles. The maximum Gasteiger partial charge on any atom is 0.216 e. The van der Waals surface area contributed by atoms with E-state index in [1.807, 2.05) is 0 Å². The quantitative estimate of drug-likeness (QED) is 0.750. The van der Waals surface area contributed by atoms with Gasteiger partial charge in [-0.1, -0.05) is 13.8 Å². The van der Waals surface area contributed by atoms with Gasteiger partial charge in [0.2, 0.25) is 5.90 Å². The van der Waals surface area contributed by atoms with Crippen molar-refractivity contribution in [3.8, 4) is 0 Å². The predicted octanol–water partition coefficient (Wildman–Crippen LogP) is 3.21. The number of nitrogens with zero attached hydrogens (tertiary/aromatic N) is 1. The van der Waals surface area contributed by atoms with Crippen molar-refractivity contribution < 1.29 is 4.74 Å². The molecular weight excluding hydrogens is 218 g/mol. The summed E-state index contributed by atoms with van der Waals surface area (Å²) in [5.41, 5.74) is 1.08. The van der Waals surface area contributed by atoms with E-state index in [0.29, 0.717) is 12.0 Å². The fraction of sp³-hybridized carbons (Fsp3) is 0.462. The van der Waals surface area contributed by atoms with Crippen LogP contribution >= 0.6 is 11.8 Å². The van der Waals surface area contributed by atoms with Crippen molar-refractivity contribution in [1.82, 2.24) is 0 Å². The number of hydrogen-bond donors (Lipinski definition) is 0. The van der Waals surface area contributed by atoms with Crippen LogP contribution in [-0.2, 0) is 4.74 Å². The zero-order valence-corrected chi connectivity index (χ0v) is 10.8. The third-order valence-electron chi connectivity index (χ3n) is 2.78. The van der Waals surface area contributed by atoms with Gasteiger partial charge in [0.25, 0.3) is 0 Å². The highest BCUT2D eigenvalue weighted by Gasteiger charge is 2.22. The topological polar surface area (TPSA) is 21.6 Å². The summed E-state index contributed by atoms with van der Waals surface area (Å²) >= 11 is 1.74. The lowest BCUT2D eigenvalue weighted by atomic mass is 10.1. The number of thioether (sulfide) groups is 1. The van der Waals surface area contributed by atoms with Crippen molar-refractivity contribution in [2.24, 2.45) is 10.9 Å². The van der Waals surface area contributed by atoms with Crippen LogP contribution in [0.3, 0.4) is 0 Å². The van der Waals surface area contributed by atoms with Crippen molar-refractivity contribution in [3.63, 3.8) is 0 Å². The summed E-state index contributed by atoms with van der Waals surface area (Å²) in [5, 5.41) is 0. The minimum atomic E-state index is 0.315. The van der Waals surface area contributed by atoms with E-state index in [4.69, 9.17) is 4.74 Å². The average Bonchev–Trinajstić information content (AvgIpc) is 2.78. The van der Waals surface area contributed by atoms with E-state index in [0.717, 1.165) is 18.1 Å². The summed E-state index contributed by atoms with van der Waals surface area (Å²) in [4.78, 5) is 5.87. The molecule has 0 radical (unpaired) electrons. The van der Waals surface area contributed by atoms with Crippen LogP contribution in [0.5, 0.6) is 0 Å². The SMILES string of the molecule is CSc1ccc(C2=NC(C(C)C)CO2)cc1. The van der Waals surface area contributed by atoms with E-state index < -0.39 is 0 Å². The molecule has 0 N–H and O–H groups in total. The monoisotopic (exact) mass is 235 g/mol. The fourth-order valence-corrected chi connectivity index (χ4v) is 2.03. The smallest absolute Gasteiger partial charge is 0.216 e. The minimum absolute atomic E-state index is 0.315. The number of hydrogen-bond acceptors (Lipinski definition) is 3. The van der Waals surface area contributed by atoms with Gasteiger partial charge in [-0.25, -0.2) is 4.99 Å². The first-order chi connectivity index (χ1) is 7.70. The maximum atomic E-state index is 5.63. The summed E-state index contributed by atoms with van der Waals surface area (Å²) in [6.45, 7) is 5.08. The molecule has 1 aromatic carbocycles. The largest absolute Gasteiger partial charge is 0.475 e. The summed E-state index contributed by atoms with van der Waals surface area (Å²) in [6, 6.07) is 8.68. The lowest BCUT2D eigenvalue weighted by molar-refractivity contribution is 0.292. The Morgan fingerprint density at radius 2 is 2.00 bits per heavy atom. The molecule has 0 amide bonds. The van der Waals surface area contributed by atoms with E-state index in [1.165, 1.54) is 4.90 Å². The zero-order valence-electron chi connectivity index (χ0n) is 9.93. The highest BCUT2D eigenvalue weighted by molar-refractivity contribution is 7.98. The molecule has 2 rings (SSSR count). The van der Waals surface area contributed by atoms with Gasteiger partial charge in [-0.15, -0.1) is 11.8 Å². The molecule has 0 spiro atoms. The normalized spacial score (nSPS) is 19.8. The Labute approximate surface area is 101 Å². The molecule has 0 fully saturated rings. The Balaban J connectivity index is 2.16. The van der Waals surface area contributed by atoms with Crippen LogP contribution < -0.4 is 0 Å². The predicted molar refractivity (Wildman–Crippen MR) is 69.3 cm³/mol. The molecule has 16 heavy (non-hydrogen) atoms. The van der Waals surface area contributed by atoms with Crippen LogP contribution in [0.2, 0.25) is 0 Å². The number of rotatable bonds is 3. The van der Waals surface area contributed by atoms with E-state index in [2.05, 4.69) is 49.4 Å². The molecule has 2 nitrogen and oxygen atoms in total. The van der Waals surface area contributed by atoms with Crippen molar-refractivity contribution in [2.75, 3.05) is 12.9 Å². The van der Waals surface area contributed by atoms with Gasteiger partial charge in [-0.3, -0.25) is 0 Å². The van der Waals surface area contributed by atoms with Gasteiger partial charge in [-0.2, -0.15) is 0 Å². The van der Waals surface area contributed by atoms with Crippen LogP contribution in [0, 0.1) is 5.92 Å². The maximum absolute atomic E-state index is 5.63. The van der Waals surface area contributed by atoms with Crippen LogP contribution in [0.1, 0.15) is 19.4 Å². The molecule has 0 aliphatic carbocycles. The fourth-order valence-electron chi connectivity index (χ4n) is 1.62. The standard InChI is InChI=1S/C13H17NOS/c1-9(2)12-8-15-13(14-12)10-4-6-11(16-3)7-5-10/h4-7,9,12H,8H2,1-3H3. The Bertz CT molecular complexity index is 383. The second-order valence-electron chi connectivity index (χ2n) is 4.29. The molecule has 1 atom stereocenters. The van der Waals surface area contributed by atoms with Crippen LogP contribution in [0.25, 0.3) is 0 Å². The van der Waals surface area contributed by atoms with Crippen LogP contribution in [-0.4, -0.2) is 24.8 Å². The molecule has 1 aliphatic rings. The molecule has 0 aromatic heterocycles. The third kappa shape index (κ3) is 2.40. The molecule has 1 aliphatic heterocycles. The molecular formula is C13H17NOS. The first kappa shape index (κ1) is 11.5. The number of aliphatic imine (C=N–C) groups is 1. The molecule has 3 heteroatoms. The molecule has 1 heterocycles. The summed E-state index contributed by atoms with van der Waals surface area (Å²) in [7, 11) is 0. The molecule has 0 bridgehead atoms. The molecule has 1 unspecified atom stereocenters. The van der Waals surface area contributed by atoms with Crippen molar-refractivity contribution in [3.05, 3.63) is 29.8 Å². The highest BCUT2D eigenvalue weighted by atomic mass is 32.2. The Kier molecular flexibility index (Phi) is 3.54. The van der Waals surface area contributed by atoms with Gasteiger partial charge in [-0.05, 0) is 36.4 Å². The summed E-state index contributed by atoms with van der Waals surface area (Å²) < 4.78 is 5.63. The lowest BCUT2D eigenvalue weighted by Gasteiger charge is -2.06. The van der Waals surface area contributed by atoms with Crippen LogP contribution in [0.4, 0.5) is 0 Å². The number of benzene rings is 1. The van der Waals surface area contributed by atoms with Crippen LogP contribution in [0.15, 0.2) is 34.2 Å². The van der Waals surface area contributed by atoms with Gasteiger partial charge in [0.1, 0.15) is 6.61 Å². The summed E-state index contributed by atoms with van der Waals surface area (Å²) in [5.74, 6) is 1.34. The van der Waals surface area contributed by atoms with Crippen molar-refractivity contribution >= 4 is 17.7 Å². The van der Waals surface area contributed by atoms with Crippen molar-refractivity contribution in [2.45, 2.75) is 24.8 Å². The molecule has 1 aromatic rings. The van der Waals surface area contributed by atoms with Gasteiger partial charge in [0.15, 0.2) is 0 Å². The lowest BCUT2D eigenvalue weighted by Crippen LogP contribution is -2.13. The third-order valence-corrected chi connectivity index (χ3v) is 3.52. The number of ether oxygens (including phenoxy) is 1. The first-order valence-electron chi connectivity index (χ1n) is 5.55. The Morgan fingerprint density at radius 1 is 1.31 bits per heavy atom. The Morgan fingerprint density at radius 3 is 2.50 bits per heavy atom. The van der Waals surface area contributed by atoms with Gasteiger partial charge < -0.3 is 4.74 Å². The van der Waals surface area contributed by atoms with Gasteiger partial charge in [0, 0.05) is 10.5 Å². The van der Waals surface area contributed by atoms with E-state index >= 15 is 0 Å². The van der Waals surface area contributed by atoms with Crippen molar-refractivity contribution in [1.29, 1.82) is 0 Å². The highest BCUT2D eigenvalue weighted by Crippen LogP contribution is 2.20. The second kappa shape index (κ2) is 4.91. The van der Waals surface area contributed by atoms with E-state index in [9.17, 15) is 0 Å². The van der Waals surface area contributed by atoms with E-state index in [-0.39, 0.29) is 0 Å². The minimum Gasteiger partial charge on any atom is -0.475 e. The molecule has 0 saturated carbocycles. The van der Waals surface area contributed by atoms with Gasteiger partial charge in [0.05, 0.1) is 6.04 Å². The first-order valence-corrected chi connectivity index (χ1v) is 6.78. The summed E-state index contributed by atoms with van der Waals surface area (Å²) in [6.07, 6.45) is 2.08.